The van der Waals surface area contributed by atoms with E-state index in [1.54, 1.807) is 12.1 Å². The van der Waals surface area contributed by atoms with Gasteiger partial charge < -0.3 is 9.73 Å². The van der Waals surface area contributed by atoms with Crippen molar-refractivity contribution in [1.82, 2.24) is 9.38 Å². The monoisotopic (exact) mass is 331 g/mol. The first-order valence-electron chi connectivity index (χ1n) is 8.02. The Balaban J connectivity index is 1.86. The molecule has 3 heterocycles. The van der Waals surface area contributed by atoms with Gasteiger partial charge in [0, 0.05) is 11.8 Å². The summed E-state index contributed by atoms with van der Waals surface area (Å²) < 4.78 is 7.07. The van der Waals surface area contributed by atoms with Crippen molar-refractivity contribution in [2.45, 2.75) is 13.8 Å². The third-order valence-corrected chi connectivity index (χ3v) is 4.08. The molecular formula is C20H17N3O2. The Morgan fingerprint density at radius 3 is 2.60 bits per heavy atom. The molecule has 124 valence electrons. The Hall–Kier alpha value is -3.34. The molecule has 0 atom stereocenters. The second-order valence-electron chi connectivity index (χ2n) is 6.04. The van der Waals surface area contributed by atoms with Gasteiger partial charge in [0.2, 0.25) is 0 Å². The highest BCUT2D eigenvalue weighted by Gasteiger charge is 2.18. The Morgan fingerprint density at radius 1 is 1.08 bits per heavy atom. The molecular weight excluding hydrogens is 314 g/mol. The van der Waals surface area contributed by atoms with Crippen LogP contribution < -0.4 is 5.32 Å². The van der Waals surface area contributed by atoms with Crippen LogP contribution in [0.4, 0.5) is 5.82 Å². The quantitative estimate of drug-likeness (QED) is 0.603. The number of hydrogen-bond acceptors (Lipinski definition) is 3. The predicted octanol–water partition coefficient (Wildman–Crippen LogP) is 4.46. The summed E-state index contributed by atoms with van der Waals surface area (Å²) in [4.78, 5) is 17.2. The minimum Gasteiger partial charge on any atom is -0.459 e. The lowest BCUT2D eigenvalue weighted by Crippen LogP contribution is -2.13. The van der Waals surface area contributed by atoms with Crippen molar-refractivity contribution in [3.63, 3.8) is 0 Å². The van der Waals surface area contributed by atoms with Gasteiger partial charge >= 0.3 is 0 Å². The van der Waals surface area contributed by atoms with Crippen LogP contribution in [0.5, 0.6) is 0 Å². The lowest BCUT2D eigenvalue weighted by atomic mass is 10.1. The van der Waals surface area contributed by atoms with Gasteiger partial charge in [0.25, 0.3) is 5.91 Å². The van der Waals surface area contributed by atoms with E-state index in [9.17, 15) is 4.79 Å². The van der Waals surface area contributed by atoms with E-state index in [-0.39, 0.29) is 11.7 Å². The van der Waals surface area contributed by atoms with Crippen LogP contribution in [0.25, 0.3) is 16.9 Å². The molecule has 1 amide bonds. The minimum atomic E-state index is -0.305. The lowest BCUT2D eigenvalue weighted by molar-refractivity contribution is 0.0996. The molecule has 5 nitrogen and oxygen atoms in total. The molecule has 5 heteroatoms. The van der Waals surface area contributed by atoms with Gasteiger partial charge in [-0.15, -0.1) is 0 Å². The Labute approximate surface area is 144 Å². The third kappa shape index (κ3) is 2.80. The first-order chi connectivity index (χ1) is 12.1. The number of nitrogens with one attached hydrogen (secondary N) is 1. The van der Waals surface area contributed by atoms with Gasteiger partial charge in [-0.3, -0.25) is 9.20 Å². The average Bonchev–Trinajstić information content (AvgIpc) is 3.24. The highest BCUT2D eigenvalue weighted by atomic mass is 16.3. The topological polar surface area (TPSA) is 59.5 Å². The zero-order valence-electron chi connectivity index (χ0n) is 14.0. The number of benzene rings is 1. The van der Waals surface area contributed by atoms with Gasteiger partial charge in [0.15, 0.2) is 5.76 Å². The van der Waals surface area contributed by atoms with E-state index in [0.29, 0.717) is 5.82 Å². The van der Waals surface area contributed by atoms with Gasteiger partial charge in [-0.05, 0) is 43.7 Å². The lowest BCUT2D eigenvalue weighted by Gasteiger charge is -2.07. The van der Waals surface area contributed by atoms with Gasteiger partial charge in [-0.1, -0.05) is 29.8 Å². The fourth-order valence-corrected chi connectivity index (χ4v) is 2.76. The van der Waals surface area contributed by atoms with Crippen molar-refractivity contribution in [3.8, 4) is 11.3 Å². The fourth-order valence-electron chi connectivity index (χ4n) is 2.76. The zero-order chi connectivity index (χ0) is 17.4. The molecule has 0 aliphatic heterocycles. The number of aryl methyl sites for hydroxylation is 2. The number of nitrogens with zero attached hydrogens (tertiary/aromatic N) is 2. The summed E-state index contributed by atoms with van der Waals surface area (Å²) in [6, 6.07) is 15.4. The molecule has 1 aromatic carbocycles. The average molecular weight is 331 g/mol. The normalized spacial score (nSPS) is 11.0. The molecule has 4 aromatic rings. The number of anilines is 1. The highest BCUT2D eigenvalue weighted by Crippen LogP contribution is 2.29. The molecule has 0 unspecified atom stereocenters. The van der Waals surface area contributed by atoms with Gasteiger partial charge in [0.1, 0.15) is 17.2 Å². The van der Waals surface area contributed by atoms with Crippen LogP contribution in [0.15, 0.2) is 65.4 Å². The van der Waals surface area contributed by atoms with Crippen molar-refractivity contribution in [3.05, 3.63) is 77.9 Å². The SMILES string of the molecule is Cc1ccc(-c2nc3cc(C)ccn3c2NC(=O)c2ccco2)cc1. The van der Waals surface area contributed by atoms with Crippen molar-refractivity contribution in [1.29, 1.82) is 0 Å². The smallest absolute Gasteiger partial charge is 0.292 e. The maximum atomic E-state index is 12.5. The van der Waals surface area contributed by atoms with E-state index in [1.807, 2.05) is 60.8 Å². The molecule has 0 radical (unpaired) electrons. The van der Waals surface area contributed by atoms with E-state index in [4.69, 9.17) is 9.40 Å². The molecule has 0 fully saturated rings. The molecule has 0 spiro atoms. The zero-order valence-corrected chi connectivity index (χ0v) is 14.0. The maximum absolute atomic E-state index is 12.5. The summed E-state index contributed by atoms with van der Waals surface area (Å²) in [6.45, 7) is 4.05. The number of pyridine rings is 1. The number of imidazole rings is 1. The van der Waals surface area contributed by atoms with E-state index in [0.717, 1.165) is 22.5 Å². The van der Waals surface area contributed by atoms with Crippen LogP contribution in [0.1, 0.15) is 21.7 Å². The first-order valence-corrected chi connectivity index (χ1v) is 8.02. The Morgan fingerprint density at radius 2 is 1.88 bits per heavy atom. The number of rotatable bonds is 3. The number of hydrogen-bond donors (Lipinski definition) is 1. The molecule has 0 aliphatic rings. The van der Waals surface area contributed by atoms with E-state index in [1.165, 1.54) is 11.8 Å². The summed E-state index contributed by atoms with van der Waals surface area (Å²) in [7, 11) is 0. The summed E-state index contributed by atoms with van der Waals surface area (Å²) in [5.74, 6) is 0.581. The molecule has 3 aromatic heterocycles. The molecule has 0 bridgehead atoms. The molecule has 0 saturated carbocycles. The van der Waals surface area contributed by atoms with Crippen molar-refractivity contribution in [2.75, 3.05) is 5.32 Å². The number of fused-ring (bicyclic) bond motifs is 1. The van der Waals surface area contributed by atoms with E-state index >= 15 is 0 Å². The Bertz CT molecular complexity index is 1040. The largest absolute Gasteiger partial charge is 0.459 e. The predicted molar refractivity (Wildman–Crippen MR) is 96.8 cm³/mol. The molecule has 1 N–H and O–H groups in total. The highest BCUT2D eigenvalue weighted by molar-refractivity contribution is 6.04. The standard InChI is InChI=1S/C20H17N3O2/c1-13-5-7-15(8-6-13)18-19(22-20(24)16-4-3-11-25-16)23-10-9-14(2)12-17(23)21-18/h3-12H,1-2H3,(H,22,24). The number of carbonyl (C=O) groups is 1. The number of aromatic nitrogens is 2. The second-order valence-corrected chi connectivity index (χ2v) is 6.04. The molecule has 0 saturated heterocycles. The minimum absolute atomic E-state index is 0.261. The Kier molecular flexibility index (Phi) is 3.61. The van der Waals surface area contributed by atoms with Gasteiger partial charge in [-0.25, -0.2) is 4.98 Å². The van der Waals surface area contributed by atoms with Gasteiger partial charge in [-0.2, -0.15) is 0 Å². The van der Waals surface area contributed by atoms with Crippen LogP contribution in [-0.2, 0) is 0 Å². The number of amides is 1. The molecule has 25 heavy (non-hydrogen) atoms. The summed E-state index contributed by atoms with van der Waals surface area (Å²) in [5, 5.41) is 2.94. The van der Waals surface area contributed by atoms with Crippen LogP contribution in [-0.4, -0.2) is 15.3 Å². The van der Waals surface area contributed by atoms with Crippen LogP contribution in [0.3, 0.4) is 0 Å². The third-order valence-electron chi connectivity index (χ3n) is 4.08. The summed E-state index contributed by atoms with van der Waals surface area (Å²) in [6.07, 6.45) is 3.39. The maximum Gasteiger partial charge on any atom is 0.292 e. The van der Waals surface area contributed by atoms with Crippen LogP contribution >= 0.6 is 0 Å². The fraction of sp³-hybridized carbons (Fsp3) is 0.100. The second kappa shape index (κ2) is 5.94. The summed E-state index contributed by atoms with van der Waals surface area (Å²) in [5.41, 5.74) is 4.74. The van der Waals surface area contributed by atoms with Gasteiger partial charge in [0.05, 0.1) is 6.26 Å². The van der Waals surface area contributed by atoms with Crippen LogP contribution in [0.2, 0.25) is 0 Å². The van der Waals surface area contributed by atoms with Crippen LogP contribution in [0, 0.1) is 13.8 Å². The number of carbonyl (C=O) groups excluding carboxylic acids is 1. The van der Waals surface area contributed by atoms with E-state index in [2.05, 4.69) is 5.32 Å². The number of furan rings is 1. The molecule has 4 rings (SSSR count). The van der Waals surface area contributed by atoms with Crippen molar-refractivity contribution < 1.29 is 9.21 Å². The van der Waals surface area contributed by atoms with E-state index < -0.39 is 0 Å². The summed E-state index contributed by atoms with van der Waals surface area (Å²) >= 11 is 0. The van der Waals surface area contributed by atoms with Crippen molar-refractivity contribution >= 4 is 17.4 Å². The molecule has 0 aliphatic carbocycles. The first kappa shape index (κ1) is 15.2. The van der Waals surface area contributed by atoms with Crippen molar-refractivity contribution in [2.24, 2.45) is 0 Å².